The first-order valence-corrected chi connectivity index (χ1v) is 6.34. The van der Waals surface area contributed by atoms with E-state index in [4.69, 9.17) is 4.74 Å². The van der Waals surface area contributed by atoms with Crippen LogP contribution in [0.15, 0.2) is 48.5 Å². The number of ether oxygens (including phenoxy) is 1. The molecule has 0 amide bonds. The van der Waals surface area contributed by atoms with Gasteiger partial charge in [0.25, 0.3) is 0 Å². The summed E-state index contributed by atoms with van der Waals surface area (Å²) in [5, 5.41) is 12.7. The van der Waals surface area contributed by atoms with Gasteiger partial charge in [-0.1, -0.05) is 24.3 Å². The van der Waals surface area contributed by atoms with Gasteiger partial charge >= 0.3 is 0 Å². The fraction of sp³-hybridized carbons (Fsp3) is 0.250. The molecule has 0 heterocycles. The molecule has 2 aromatic carbocycles. The molecule has 0 aliphatic carbocycles. The molecule has 1 atom stereocenters. The third-order valence-corrected chi connectivity index (χ3v) is 3.14. The molecule has 0 fully saturated rings. The number of hydrogen-bond acceptors (Lipinski definition) is 3. The maximum absolute atomic E-state index is 9.27. The number of phenols is 1. The Labute approximate surface area is 113 Å². The number of phenolic OH excluding ortho intramolecular Hbond substituents is 1. The zero-order valence-electron chi connectivity index (χ0n) is 11.3. The molecule has 2 N–H and O–H groups in total. The van der Waals surface area contributed by atoms with Crippen molar-refractivity contribution in [2.24, 2.45) is 0 Å². The summed E-state index contributed by atoms with van der Waals surface area (Å²) in [6.45, 7) is 2.88. The Morgan fingerprint density at radius 1 is 1.16 bits per heavy atom. The van der Waals surface area contributed by atoms with E-state index < -0.39 is 0 Å². The number of rotatable bonds is 5. The van der Waals surface area contributed by atoms with Crippen LogP contribution < -0.4 is 10.1 Å². The van der Waals surface area contributed by atoms with Gasteiger partial charge < -0.3 is 15.2 Å². The second-order valence-corrected chi connectivity index (χ2v) is 4.55. The normalized spacial score (nSPS) is 12.1. The average Bonchev–Trinajstić information content (AvgIpc) is 2.46. The molecule has 0 bridgehead atoms. The minimum absolute atomic E-state index is 0.229. The van der Waals surface area contributed by atoms with E-state index in [0.29, 0.717) is 5.75 Å². The minimum Gasteiger partial charge on any atom is -0.508 e. The summed E-state index contributed by atoms with van der Waals surface area (Å²) < 4.78 is 5.20. The van der Waals surface area contributed by atoms with Gasteiger partial charge in [-0.3, -0.25) is 0 Å². The van der Waals surface area contributed by atoms with E-state index in [0.717, 1.165) is 17.9 Å². The third kappa shape index (κ3) is 3.73. The van der Waals surface area contributed by atoms with Gasteiger partial charge in [0, 0.05) is 12.6 Å². The van der Waals surface area contributed by atoms with Crippen LogP contribution in [0.5, 0.6) is 11.5 Å². The molecule has 0 aliphatic rings. The van der Waals surface area contributed by atoms with E-state index in [9.17, 15) is 5.11 Å². The molecule has 0 aromatic heterocycles. The molecule has 19 heavy (non-hydrogen) atoms. The fourth-order valence-corrected chi connectivity index (χ4v) is 1.93. The summed E-state index contributed by atoms with van der Waals surface area (Å²) in [5.74, 6) is 1.17. The number of benzene rings is 2. The average molecular weight is 257 g/mol. The fourth-order valence-electron chi connectivity index (χ4n) is 1.93. The second-order valence-electron chi connectivity index (χ2n) is 4.55. The highest BCUT2D eigenvalue weighted by Crippen LogP contribution is 2.18. The number of methoxy groups -OCH3 is 1. The molecule has 0 spiro atoms. The second kappa shape index (κ2) is 6.25. The van der Waals surface area contributed by atoms with Crippen molar-refractivity contribution in [2.45, 2.75) is 19.5 Å². The third-order valence-electron chi connectivity index (χ3n) is 3.14. The lowest BCUT2D eigenvalue weighted by Gasteiger charge is -2.14. The summed E-state index contributed by atoms with van der Waals surface area (Å²) in [5.41, 5.74) is 2.34. The Balaban J connectivity index is 1.96. The highest BCUT2D eigenvalue weighted by atomic mass is 16.5. The minimum atomic E-state index is 0.229. The van der Waals surface area contributed by atoms with E-state index in [1.165, 1.54) is 5.56 Å². The number of aromatic hydroxyl groups is 1. The molecule has 2 rings (SSSR count). The lowest BCUT2D eigenvalue weighted by molar-refractivity contribution is 0.414. The quantitative estimate of drug-likeness (QED) is 0.864. The smallest absolute Gasteiger partial charge is 0.119 e. The van der Waals surface area contributed by atoms with Crippen molar-refractivity contribution in [3.05, 3.63) is 59.7 Å². The Morgan fingerprint density at radius 3 is 2.58 bits per heavy atom. The van der Waals surface area contributed by atoms with Crippen LogP contribution >= 0.6 is 0 Å². The van der Waals surface area contributed by atoms with Crippen molar-refractivity contribution >= 4 is 0 Å². The summed E-state index contributed by atoms with van der Waals surface area (Å²) >= 11 is 0. The van der Waals surface area contributed by atoms with Gasteiger partial charge in [-0.15, -0.1) is 0 Å². The van der Waals surface area contributed by atoms with Crippen molar-refractivity contribution in [3.8, 4) is 11.5 Å². The molecule has 3 nitrogen and oxygen atoms in total. The standard InChI is InChI=1S/C16H19NO2/c1-12(14-6-8-15(18)9-7-14)17-11-13-4-3-5-16(10-13)19-2/h3-10,12,17-18H,11H2,1-2H3. The van der Waals surface area contributed by atoms with Crippen LogP contribution in [0, 0.1) is 0 Å². The van der Waals surface area contributed by atoms with Crippen molar-refractivity contribution in [3.63, 3.8) is 0 Å². The van der Waals surface area contributed by atoms with Gasteiger partial charge in [-0.05, 0) is 42.3 Å². The van der Waals surface area contributed by atoms with Crippen LogP contribution in [-0.2, 0) is 6.54 Å². The summed E-state index contributed by atoms with van der Waals surface area (Å²) in [6, 6.07) is 15.5. The first-order chi connectivity index (χ1) is 9.19. The van der Waals surface area contributed by atoms with E-state index in [-0.39, 0.29) is 6.04 Å². The Hall–Kier alpha value is -2.00. The summed E-state index contributed by atoms with van der Waals surface area (Å²) in [7, 11) is 1.67. The van der Waals surface area contributed by atoms with Gasteiger partial charge in [-0.2, -0.15) is 0 Å². The Bertz CT molecular complexity index is 523. The molecule has 0 saturated carbocycles. The number of hydrogen-bond donors (Lipinski definition) is 2. The van der Waals surface area contributed by atoms with Crippen LogP contribution in [0.25, 0.3) is 0 Å². The Kier molecular flexibility index (Phi) is 4.42. The van der Waals surface area contributed by atoms with Crippen LogP contribution in [0.3, 0.4) is 0 Å². The predicted molar refractivity (Wildman–Crippen MR) is 76.4 cm³/mol. The van der Waals surface area contributed by atoms with Crippen molar-refractivity contribution in [1.82, 2.24) is 5.32 Å². The van der Waals surface area contributed by atoms with Crippen molar-refractivity contribution < 1.29 is 9.84 Å². The van der Waals surface area contributed by atoms with Gasteiger partial charge in [0.2, 0.25) is 0 Å². The van der Waals surface area contributed by atoms with E-state index in [2.05, 4.69) is 18.3 Å². The zero-order valence-corrected chi connectivity index (χ0v) is 11.3. The molecular weight excluding hydrogens is 238 g/mol. The first-order valence-electron chi connectivity index (χ1n) is 6.34. The van der Waals surface area contributed by atoms with Gasteiger partial charge in [-0.25, -0.2) is 0 Å². The van der Waals surface area contributed by atoms with Crippen LogP contribution in [0.2, 0.25) is 0 Å². The molecule has 0 radical (unpaired) electrons. The van der Waals surface area contributed by atoms with E-state index in [1.807, 2.05) is 30.3 Å². The largest absolute Gasteiger partial charge is 0.508 e. The highest BCUT2D eigenvalue weighted by Gasteiger charge is 2.05. The summed E-state index contributed by atoms with van der Waals surface area (Å²) in [6.07, 6.45) is 0. The number of nitrogens with one attached hydrogen (secondary N) is 1. The van der Waals surface area contributed by atoms with E-state index in [1.54, 1.807) is 19.2 Å². The van der Waals surface area contributed by atoms with Crippen molar-refractivity contribution in [2.75, 3.05) is 7.11 Å². The maximum atomic E-state index is 9.27. The molecule has 100 valence electrons. The summed E-state index contributed by atoms with van der Waals surface area (Å²) in [4.78, 5) is 0. The first kappa shape index (κ1) is 13.4. The monoisotopic (exact) mass is 257 g/mol. The van der Waals surface area contributed by atoms with Crippen LogP contribution in [0.1, 0.15) is 24.1 Å². The van der Waals surface area contributed by atoms with Crippen LogP contribution in [0.4, 0.5) is 0 Å². The van der Waals surface area contributed by atoms with Gasteiger partial charge in [0.05, 0.1) is 7.11 Å². The molecule has 2 aromatic rings. The highest BCUT2D eigenvalue weighted by molar-refractivity contribution is 5.29. The maximum Gasteiger partial charge on any atom is 0.119 e. The molecule has 0 saturated heterocycles. The van der Waals surface area contributed by atoms with Gasteiger partial charge in [0.1, 0.15) is 11.5 Å². The zero-order chi connectivity index (χ0) is 13.7. The lowest BCUT2D eigenvalue weighted by Crippen LogP contribution is -2.17. The SMILES string of the molecule is COc1cccc(CNC(C)c2ccc(O)cc2)c1. The lowest BCUT2D eigenvalue weighted by atomic mass is 10.1. The van der Waals surface area contributed by atoms with Gasteiger partial charge in [0.15, 0.2) is 0 Å². The Morgan fingerprint density at radius 2 is 1.89 bits per heavy atom. The van der Waals surface area contributed by atoms with Crippen LogP contribution in [-0.4, -0.2) is 12.2 Å². The molecule has 0 aliphatic heterocycles. The van der Waals surface area contributed by atoms with E-state index >= 15 is 0 Å². The predicted octanol–water partition coefficient (Wildman–Crippen LogP) is 3.25. The molecular formula is C16H19NO2. The van der Waals surface area contributed by atoms with Crippen molar-refractivity contribution in [1.29, 1.82) is 0 Å². The molecule has 3 heteroatoms. The molecule has 1 unspecified atom stereocenters. The topological polar surface area (TPSA) is 41.5 Å².